The second-order valence-corrected chi connectivity index (χ2v) is 6.02. The zero-order valence-electron chi connectivity index (χ0n) is 13.9. The first-order valence-corrected chi connectivity index (χ1v) is 8.29. The van der Waals surface area contributed by atoms with E-state index < -0.39 is 0 Å². The van der Waals surface area contributed by atoms with Crippen LogP contribution in [0.4, 0.5) is 10.5 Å². The number of carbonyl (C=O) groups excluding carboxylic acids is 2. The van der Waals surface area contributed by atoms with E-state index in [2.05, 4.69) is 17.1 Å². The van der Waals surface area contributed by atoms with Gasteiger partial charge in [-0.1, -0.05) is 0 Å². The van der Waals surface area contributed by atoms with Gasteiger partial charge in [-0.2, -0.15) is 0 Å². The predicted octanol–water partition coefficient (Wildman–Crippen LogP) is 1.09. The molecule has 1 unspecified atom stereocenters. The Labute approximate surface area is 141 Å². The molecule has 0 bridgehead atoms. The Morgan fingerprint density at radius 1 is 1.17 bits per heavy atom. The van der Waals surface area contributed by atoms with E-state index >= 15 is 0 Å². The van der Waals surface area contributed by atoms with Crippen molar-refractivity contribution in [3.8, 4) is 0 Å². The molecule has 0 aliphatic carbocycles. The van der Waals surface area contributed by atoms with Gasteiger partial charge >= 0.3 is 6.09 Å². The lowest BCUT2D eigenvalue weighted by molar-refractivity contribution is 0.0204. The summed E-state index contributed by atoms with van der Waals surface area (Å²) < 4.78 is 10.3. The van der Waals surface area contributed by atoms with E-state index in [4.69, 9.17) is 9.47 Å². The molecule has 0 saturated carbocycles. The second-order valence-electron chi connectivity index (χ2n) is 6.02. The highest BCUT2D eigenvalue weighted by molar-refractivity contribution is 5.95. The van der Waals surface area contributed by atoms with Crippen LogP contribution < -0.4 is 10.2 Å². The number of hydrogen-bond acceptors (Lipinski definition) is 5. The summed E-state index contributed by atoms with van der Waals surface area (Å²) in [7, 11) is 0. The van der Waals surface area contributed by atoms with Gasteiger partial charge in [0.15, 0.2) is 0 Å². The highest BCUT2D eigenvalue weighted by Gasteiger charge is 2.23. The first-order valence-electron chi connectivity index (χ1n) is 8.29. The summed E-state index contributed by atoms with van der Waals surface area (Å²) in [5, 5.41) is 2.97. The van der Waals surface area contributed by atoms with Gasteiger partial charge in [0.2, 0.25) is 0 Å². The summed E-state index contributed by atoms with van der Waals surface area (Å²) in [4.78, 5) is 27.7. The Hall–Kier alpha value is -2.12. The van der Waals surface area contributed by atoms with Gasteiger partial charge in [0.25, 0.3) is 5.91 Å². The maximum Gasteiger partial charge on any atom is 0.414 e. The van der Waals surface area contributed by atoms with Gasteiger partial charge in [-0.15, -0.1) is 0 Å². The van der Waals surface area contributed by atoms with Crippen molar-refractivity contribution in [3.05, 3.63) is 29.8 Å². The Morgan fingerprint density at radius 3 is 2.50 bits per heavy atom. The molecular weight excluding hydrogens is 310 g/mol. The highest BCUT2D eigenvalue weighted by Crippen LogP contribution is 2.19. The van der Waals surface area contributed by atoms with E-state index in [1.165, 1.54) is 0 Å². The third-order valence-electron chi connectivity index (χ3n) is 4.43. The minimum Gasteiger partial charge on any atom is -0.447 e. The molecular formula is C17H23N3O4. The van der Waals surface area contributed by atoms with Gasteiger partial charge in [-0.25, -0.2) is 4.79 Å². The van der Waals surface area contributed by atoms with Crippen molar-refractivity contribution in [2.75, 3.05) is 50.9 Å². The second kappa shape index (κ2) is 7.63. The monoisotopic (exact) mass is 333 g/mol. The molecule has 2 fully saturated rings. The Balaban J connectivity index is 1.52. The number of morpholine rings is 1. The third kappa shape index (κ3) is 3.85. The number of anilines is 1. The van der Waals surface area contributed by atoms with Crippen LogP contribution in [-0.2, 0) is 9.47 Å². The molecule has 1 aromatic rings. The van der Waals surface area contributed by atoms with Crippen LogP contribution in [0.5, 0.6) is 0 Å². The van der Waals surface area contributed by atoms with Gasteiger partial charge in [-0.05, 0) is 31.2 Å². The molecule has 2 heterocycles. The minimum atomic E-state index is -0.341. The summed E-state index contributed by atoms with van der Waals surface area (Å²) in [6, 6.07) is 7.28. The Morgan fingerprint density at radius 2 is 1.88 bits per heavy atom. The van der Waals surface area contributed by atoms with Crippen LogP contribution >= 0.6 is 0 Å². The largest absolute Gasteiger partial charge is 0.447 e. The number of ether oxygens (including phenoxy) is 2. The summed E-state index contributed by atoms with van der Waals surface area (Å²) in [5.74, 6) is -0.106. The number of hydrogen-bond donors (Lipinski definition) is 1. The molecule has 7 nitrogen and oxygen atoms in total. The quantitative estimate of drug-likeness (QED) is 0.873. The van der Waals surface area contributed by atoms with Crippen molar-refractivity contribution < 1.29 is 19.1 Å². The smallest absolute Gasteiger partial charge is 0.414 e. The van der Waals surface area contributed by atoms with E-state index in [0.29, 0.717) is 25.3 Å². The molecule has 0 spiro atoms. The molecule has 130 valence electrons. The zero-order chi connectivity index (χ0) is 16.9. The van der Waals surface area contributed by atoms with Gasteiger partial charge in [0, 0.05) is 36.9 Å². The van der Waals surface area contributed by atoms with E-state index in [9.17, 15) is 9.59 Å². The Kier molecular flexibility index (Phi) is 5.32. The van der Waals surface area contributed by atoms with Crippen LogP contribution in [0.2, 0.25) is 0 Å². The van der Waals surface area contributed by atoms with Crippen molar-refractivity contribution in [2.24, 2.45) is 0 Å². The summed E-state index contributed by atoms with van der Waals surface area (Å²) in [6.45, 7) is 6.95. The average molecular weight is 333 g/mol. The van der Waals surface area contributed by atoms with Crippen LogP contribution in [0.3, 0.4) is 0 Å². The van der Waals surface area contributed by atoms with Crippen molar-refractivity contribution in [1.29, 1.82) is 0 Å². The zero-order valence-corrected chi connectivity index (χ0v) is 13.9. The maximum absolute atomic E-state index is 12.3. The Bertz CT molecular complexity index is 584. The maximum atomic E-state index is 12.3. The van der Waals surface area contributed by atoms with Gasteiger partial charge in [0.1, 0.15) is 6.61 Å². The number of amides is 2. The molecule has 3 rings (SSSR count). The summed E-state index contributed by atoms with van der Waals surface area (Å²) in [5.41, 5.74) is 1.33. The lowest BCUT2D eigenvalue weighted by atomic mass is 10.1. The standard InChI is InChI=1S/C17H23N3O4/c1-13(19-6-9-23-10-7-19)12-18-16(21)14-2-4-15(5-3-14)20-8-11-24-17(20)22/h2-5,13H,6-12H2,1H3,(H,18,21). The normalized spacial score (nSPS) is 19.9. The topological polar surface area (TPSA) is 71.1 Å². The SMILES string of the molecule is CC(CNC(=O)c1ccc(N2CCOC2=O)cc1)N1CCOCC1. The third-order valence-corrected chi connectivity index (χ3v) is 4.43. The fourth-order valence-electron chi connectivity index (χ4n) is 2.91. The van der Waals surface area contributed by atoms with Gasteiger partial charge in [-0.3, -0.25) is 14.6 Å². The lowest BCUT2D eigenvalue weighted by Crippen LogP contribution is -2.47. The highest BCUT2D eigenvalue weighted by atomic mass is 16.6. The van der Waals surface area contributed by atoms with Crippen LogP contribution in [0.25, 0.3) is 0 Å². The fourth-order valence-corrected chi connectivity index (χ4v) is 2.91. The summed E-state index contributed by atoms with van der Waals surface area (Å²) >= 11 is 0. The number of rotatable bonds is 5. The molecule has 1 atom stereocenters. The van der Waals surface area contributed by atoms with Crippen LogP contribution in [0, 0.1) is 0 Å². The molecule has 24 heavy (non-hydrogen) atoms. The van der Waals surface area contributed by atoms with Crippen molar-refractivity contribution >= 4 is 17.7 Å². The summed E-state index contributed by atoms with van der Waals surface area (Å²) in [6.07, 6.45) is -0.341. The predicted molar refractivity (Wildman–Crippen MR) is 89.3 cm³/mol. The lowest BCUT2D eigenvalue weighted by Gasteiger charge is -2.32. The van der Waals surface area contributed by atoms with Crippen molar-refractivity contribution in [1.82, 2.24) is 10.2 Å². The molecule has 2 aliphatic rings. The van der Waals surface area contributed by atoms with Crippen LogP contribution in [-0.4, -0.2) is 68.9 Å². The van der Waals surface area contributed by atoms with Gasteiger partial charge in [0.05, 0.1) is 19.8 Å². The van der Waals surface area contributed by atoms with Crippen molar-refractivity contribution in [3.63, 3.8) is 0 Å². The molecule has 1 aromatic carbocycles. The first-order chi connectivity index (χ1) is 11.6. The van der Waals surface area contributed by atoms with E-state index in [0.717, 1.165) is 32.0 Å². The molecule has 2 saturated heterocycles. The average Bonchev–Trinajstić information content (AvgIpc) is 3.06. The number of cyclic esters (lactones) is 1. The molecule has 7 heteroatoms. The minimum absolute atomic E-state index is 0.106. The molecule has 2 amide bonds. The van der Waals surface area contributed by atoms with E-state index in [1.54, 1.807) is 29.2 Å². The number of nitrogens with zero attached hydrogens (tertiary/aromatic N) is 2. The van der Waals surface area contributed by atoms with E-state index in [1.807, 2.05) is 0 Å². The molecule has 1 N–H and O–H groups in total. The molecule has 0 aromatic heterocycles. The van der Waals surface area contributed by atoms with Gasteiger partial charge < -0.3 is 14.8 Å². The first kappa shape index (κ1) is 16.7. The fraction of sp³-hybridized carbons (Fsp3) is 0.529. The van der Waals surface area contributed by atoms with Crippen LogP contribution in [0.1, 0.15) is 17.3 Å². The van der Waals surface area contributed by atoms with E-state index in [-0.39, 0.29) is 18.0 Å². The van der Waals surface area contributed by atoms with Crippen LogP contribution in [0.15, 0.2) is 24.3 Å². The number of nitrogens with one attached hydrogen (secondary N) is 1. The molecule has 0 radical (unpaired) electrons. The number of carbonyl (C=O) groups is 2. The van der Waals surface area contributed by atoms with Crippen molar-refractivity contribution in [2.45, 2.75) is 13.0 Å². The molecule has 2 aliphatic heterocycles. The number of benzene rings is 1.